The van der Waals surface area contributed by atoms with Crippen LogP contribution in [0.2, 0.25) is 0 Å². The van der Waals surface area contributed by atoms with Crippen molar-refractivity contribution in [1.29, 1.82) is 0 Å². The molecule has 1 fully saturated rings. The summed E-state index contributed by atoms with van der Waals surface area (Å²) in [5, 5.41) is 11.7. The number of aromatic amines is 1. The Morgan fingerprint density at radius 1 is 1.27 bits per heavy atom. The number of H-pyrrole nitrogens is 1. The maximum Gasteiger partial charge on any atom is 0.193 e. The van der Waals surface area contributed by atoms with Crippen LogP contribution < -0.4 is 10.2 Å². The fourth-order valence-corrected chi connectivity index (χ4v) is 3.89. The fraction of sp³-hybridized carbons (Fsp3) is 0.429. The lowest BCUT2D eigenvalue weighted by Gasteiger charge is -2.33. The Bertz CT molecular complexity index is 978. The van der Waals surface area contributed by atoms with Crippen LogP contribution >= 0.6 is 24.0 Å². The molecule has 3 heterocycles. The van der Waals surface area contributed by atoms with Crippen molar-refractivity contribution >= 4 is 46.7 Å². The van der Waals surface area contributed by atoms with E-state index in [2.05, 4.69) is 54.7 Å². The van der Waals surface area contributed by atoms with Crippen LogP contribution in [0.5, 0.6) is 0 Å². The molecule has 0 spiro atoms. The summed E-state index contributed by atoms with van der Waals surface area (Å²) in [4.78, 5) is 18.0. The molecule has 0 bridgehead atoms. The van der Waals surface area contributed by atoms with Crippen LogP contribution in [0.15, 0.2) is 41.7 Å². The first-order valence-corrected chi connectivity index (χ1v) is 10.0. The molecule has 9 heteroatoms. The van der Waals surface area contributed by atoms with Gasteiger partial charge in [0.1, 0.15) is 18.0 Å². The second-order valence-corrected chi connectivity index (χ2v) is 7.58. The number of nitrogens with one attached hydrogen (secondary N) is 2. The van der Waals surface area contributed by atoms with Crippen LogP contribution in [0, 0.1) is 0 Å². The van der Waals surface area contributed by atoms with Crippen LogP contribution in [0.3, 0.4) is 0 Å². The normalized spacial score (nSPS) is 15.2. The molecule has 160 valence electrons. The fourth-order valence-electron chi connectivity index (χ4n) is 3.89. The molecule has 3 aromatic rings. The highest BCUT2D eigenvalue weighted by Gasteiger charge is 2.24. The lowest BCUT2D eigenvalue weighted by atomic mass is 9.96. The number of halogens is 1. The predicted octanol–water partition coefficient (Wildman–Crippen LogP) is 2.99. The van der Waals surface area contributed by atoms with Crippen LogP contribution in [0.4, 0.5) is 5.82 Å². The molecule has 1 aromatic carbocycles. The maximum absolute atomic E-state index is 4.75. The zero-order valence-corrected chi connectivity index (χ0v) is 20.0. The van der Waals surface area contributed by atoms with Crippen molar-refractivity contribution in [3.8, 4) is 0 Å². The third-order valence-electron chi connectivity index (χ3n) is 5.51. The third kappa shape index (κ3) is 4.82. The molecule has 1 saturated heterocycles. The maximum atomic E-state index is 4.75. The highest BCUT2D eigenvalue weighted by Crippen LogP contribution is 2.25. The van der Waals surface area contributed by atoms with Gasteiger partial charge in [-0.2, -0.15) is 5.10 Å². The van der Waals surface area contributed by atoms with E-state index in [0.717, 1.165) is 49.0 Å². The van der Waals surface area contributed by atoms with Gasteiger partial charge in [0.05, 0.1) is 5.52 Å². The second kappa shape index (κ2) is 10.1. The topological polar surface area (TPSA) is 85.3 Å². The van der Waals surface area contributed by atoms with Gasteiger partial charge in [0.15, 0.2) is 5.96 Å². The molecular formula is C21H29IN8. The summed E-state index contributed by atoms with van der Waals surface area (Å²) in [6, 6.07) is 10.4. The van der Waals surface area contributed by atoms with Gasteiger partial charge in [-0.3, -0.25) is 10.1 Å². The number of hydrogen-bond donors (Lipinski definition) is 2. The Labute approximate surface area is 194 Å². The number of piperidine rings is 1. The van der Waals surface area contributed by atoms with Crippen molar-refractivity contribution in [1.82, 2.24) is 30.4 Å². The molecule has 30 heavy (non-hydrogen) atoms. The number of likely N-dealkylation sites (tertiary alicyclic amines) is 1. The molecule has 1 aliphatic heterocycles. The third-order valence-corrected chi connectivity index (χ3v) is 5.51. The smallest absolute Gasteiger partial charge is 0.193 e. The van der Waals surface area contributed by atoms with Crippen molar-refractivity contribution in [2.45, 2.75) is 25.3 Å². The minimum atomic E-state index is 0. The second-order valence-electron chi connectivity index (χ2n) is 7.58. The summed E-state index contributed by atoms with van der Waals surface area (Å²) in [5.74, 6) is 3.34. The minimum absolute atomic E-state index is 0. The Kier molecular flexibility index (Phi) is 7.46. The molecule has 4 rings (SSSR count). The molecular weight excluding hydrogens is 491 g/mol. The first kappa shape index (κ1) is 22.3. The van der Waals surface area contributed by atoms with E-state index in [1.807, 2.05) is 32.1 Å². The number of anilines is 1. The molecule has 1 aliphatic rings. The number of rotatable bonds is 4. The van der Waals surface area contributed by atoms with Gasteiger partial charge < -0.3 is 15.1 Å². The Balaban J connectivity index is 0.00000256. The van der Waals surface area contributed by atoms with Crippen LogP contribution in [0.25, 0.3) is 10.9 Å². The van der Waals surface area contributed by atoms with Crippen molar-refractivity contribution in [3.05, 3.63) is 48.0 Å². The first-order valence-electron chi connectivity index (χ1n) is 10.0. The molecule has 2 aromatic heterocycles. The lowest BCUT2D eigenvalue weighted by Crippen LogP contribution is -2.45. The number of aromatic nitrogens is 4. The Morgan fingerprint density at radius 2 is 2.03 bits per heavy atom. The minimum Gasteiger partial charge on any atom is -0.363 e. The first-order chi connectivity index (χ1) is 14.2. The molecule has 0 unspecified atom stereocenters. The summed E-state index contributed by atoms with van der Waals surface area (Å²) in [6.07, 6.45) is 3.67. The van der Waals surface area contributed by atoms with Crippen LogP contribution in [-0.4, -0.2) is 65.3 Å². The summed E-state index contributed by atoms with van der Waals surface area (Å²) < 4.78 is 0. The number of pyridine rings is 1. The van der Waals surface area contributed by atoms with E-state index >= 15 is 0 Å². The predicted molar refractivity (Wildman–Crippen MR) is 132 cm³/mol. The van der Waals surface area contributed by atoms with Gasteiger partial charge in [0, 0.05) is 52.1 Å². The quantitative estimate of drug-likeness (QED) is 0.313. The number of benzene rings is 1. The molecule has 8 nitrogen and oxygen atoms in total. The number of para-hydroxylation sites is 1. The van der Waals surface area contributed by atoms with E-state index in [9.17, 15) is 0 Å². The number of aliphatic imine (C=N–C) groups is 1. The Morgan fingerprint density at radius 3 is 2.70 bits per heavy atom. The van der Waals surface area contributed by atoms with E-state index in [-0.39, 0.29) is 24.0 Å². The standard InChI is InChI=1S/C21H28N8.HI/c1-22-21(29-10-8-15(9-11-29)20-24-14-25-27-20)23-13-16-12-19(28(2)3)26-18-7-5-4-6-17(16)18;/h4-7,12,14-15H,8-11,13H2,1-3H3,(H,22,23)(H,24,25,27);1H. The van der Waals surface area contributed by atoms with E-state index in [4.69, 9.17) is 4.98 Å². The summed E-state index contributed by atoms with van der Waals surface area (Å²) >= 11 is 0. The SMILES string of the molecule is CN=C(NCc1cc(N(C)C)nc2ccccc12)N1CCC(c2ncn[nH]2)CC1.I. The molecule has 0 aliphatic carbocycles. The molecule has 0 radical (unpaired) electrons. The zero-order chi connectivity index (χ0) is 20.2. The number of fused-ring (bicyclic) bond motifs is 1. The molecule has 0 amide bonds. The Hall–Kier alpha value is -2.43. The highest BCUT2D eigenvalue weighted by molar-refractivity contribution is 14.0. The molecule has 2 N–H and O–H groups in total. The number of guanidine groups is 1. The van der Waals surface area contributed by atoms with Gasteiger partial charge in [-0.05, 0) is 30.5 Å². The van der Waals surface area contributed by atoms with Crippen LogP contribution in [-0.2, 0) is 6.54 Å². The average Bonchev–Trinajstić information content (AvgIpc) is 3.29. The van der Waals surface area contributed by atoms with Crippen molar-refractivity contribution in [3.63, 3.8) is 0 Å². The van der Waals surface area contributed by atoms with Gasteiger partial charge >= 0.3 is 0 Å². The van der Waals surface area contributed by atoms with E-state index in [0.29, 0.717) is 12.5 Å². The zero-order valence-electron chi connectivity index (χ0n) is 17.7. The van der Waals surface area contributed by atoms with Gasteiger partial charge in [-0.15, -0.1) is 24.0 Å². The highest BCUT2D eigenvalue weighted by atomic mass is 127. The number of nitrogens with zero attached hydrogens (tertiary/aromatic N) is 6. The van der Waals surface area contributed by atoms with Crippen molar-refractivity contribution in [2.75, 3.05) is 39.1 Å². The summed E-state index contributed by atoms with van der Waals surface area (Å²) in [5.41, 5.74) is 2.23. The van der Waals surface area contributed by atoms with Crippen LogP contribution in [0.1, 0.15) is 30.1 Å². The molecule has 0 saturated carbocycles. The summed E-state index contributed by atoms with van der Waals surface area (Å²) in [7, 11) is 5.89. The largest absolute Gasteiger partial charge is 0.363 e. The van der Waals surface area contributed by atoms with Gasteiger partial charge in [0.25, 0.3) is 0 Å². The van der Waals surface area contributed by atoms with E-state index in [1.54, 1.807) is 6.33 Å². The summed E-state index contributed by atoms with van der Waals surface area (Å²) in [6.45, 7) is 2.61. The number of hydrogen-bond acceptors (Lipinski definition) is 5. The monoisotopic (exact) mass is 520 g/mol. The molecule has 0 atom stereocenters. The van der Waals surface area contributed by atoms with E-state index < -0.39 is 0 Å². The lowest BCUT2D eigenvalue weighted by molar-refractivity contribution is 0.299. The van der Waals surface area contributed by atoms with Gasteiger partial charge in [0.2, 0.25) is 0 Å². The van der Waals surface area contributed by atoms with E-state index in [1.165, 1.54) is 10.9 Å². The van der Waals surface area contributed by atoms with Gasteiger partial charge in [-0.25, -0.2) is 9.97 Å². The van der Waals surface area contributed by atoms with Crippen molar-refractivity contribution < 1.29 is 0 Å². The van der Waals surface area contributed by atoms with Gasteiger partial charge in [-0.1, -0.05) is 18.2 Å². The average molecular weight is 520 g/mol. The van der Waals surface area contributed by atoms with Crippen molar-refractivity contribution in [2.24, 2.45) is 4.99 Å².